The quantitative estimate of drug-likeness (QED) is 0.910. The Bertz CT molecular complexity index is 749. The second-order valence-corrected chi connectivity index (χ2v) is 7.16. The maximum absolute atomic E-state index is 12.8. The molecule has 1 aromatic heterocycles. The largest absolute Gasteiger partial charge is 0.383 e. The van der Waals surface area contributed by atoms with E-state index in [2.05, 4.69) is 15.1 Å². The number of aliphatic hydroxyl groups is 1. The minimum atomic E-state index is -0.940. The van der Waals surface area contributed by atoms with Gasteiger partial charge < -0.3 is 10.0 Å². The van der Waals surface area contributed by atoms with Crippen LogP contribution in [0.4, 0.5) is 0 Å². The molecule has 0 radical (unpaired) electrons. The number of likely N-dealkylation sites (tertiary alicyclic amines) is 2. The summed E-state index contributed by atoms with van der Waals surface area (Å²) in [6.07, 6.45) is 4.36. The molecule has 0 bridgehead atoms. The van der Waals surface area contributed by atoms with E-state index in [9.17, 15) is 9.90 Å². The Labute approximate surface area is 153 Å². The Morgan fingerprint density at radius 1 is 1.08 bits per heavy atom. The number of carbonyl (C=O) groups excluding carboxylic acids is 1. The van der Waals surface area contributed by atoms with Crippen molar-refractivity contribution in [2.24, 2.45) is 0 Å². The number of hydrogen-bond acceptors (Lipinski definition) is 5. The molecule has 2 fully saturated rings. The second kappa shape index (κ2) is 7.13. The Morgan fingerprint density at radius 3 is 2.54 bits per heavy atom. The lowest BCUT2D eigenvalue weighted by atomic mass is 9.79. The van der Waals surface area contributed by atoms with Crippen molar-refractivity contribution in [3.05, 3.63) is 59.9 Å². The van der Waals surface area contributed by atoms with Gasteiger partial charge in [0, 0.05) is 19.3 Å². The highest BCUT2D eigenvalue weighted by atomic mass is 16.3. The predicted molar refractivity (Wildman–Crippen MR) is 97.5 cm³/mol. The zero-order valence-corrected chi connectivity index (χ0v) is 14.8. The van der Waals surface area contributed by atoms with E-state index in [4.69, 9.17) is 0 Å². The summed E-state index contributed by atoms with van der Waals surface area (Å²) in [5.41, 5.74) is 0.353. The van der Waals surface area contributed by atoms with Gasteiger partial charge in [-0.05, 0) is 50.0 Å². The average molecular weight is 352 g/mol. The molecule has 0 aliphatic carbocycles. The lowest BCUT2D eigenvalue weighted by Gasteiger charge is -2.48. The molecule has 0 spiro atoms. The van der Waals surface area contributed by atoms with Gasteiger partial charge in [0.05, 0.1) is 6.04 Å². The highest BCUT2D eigenvalue weighted by molar-refractivity contribution is 5.92. The van der Waals surface area contributed by atoms with Gasteiger partial charge >= 0.3 is 0 Å². The van der Waals surface area contributed by atoms with Crippen LogP contribution in [-0.4, -0.2) is 63.2 Å². The summed E-state index contributed by atoms with van der Waals surface area (Å²) in [5.74, 6) is -0.114. The molecule has 1 amide bonds. The van der Waals surface area contributed by atoms with Crippen molar-refractivity contribution in [1.29, 1.82) is 0 Å². The van der Waals surface area contributed by atoms with E-state index in [0.717, 1.165) is 31.5 Å². The van der Waals surface area contributed by atoms with Gasteiger partial charge in [-0.2, -0.15) is 5.10 Å². The van der Waals surface area contributed by atoms with E-state index >= 15 is 0 Å². The van der Waals surface area contributed by atoms with Crippen LogP contribution in [0, 0.1) is 0 Å². The molecule has 0 unspecified atom stereocenters. The molecule has 3 heterocycles. The molecule has 6 nitrogen and oxygen atoms in total. The molecule has 136 valence electrons. The monoisotopic (exact) mass is 352 g/mol. The van der Waals surface area contributed by atoms with Crippen LogP contribution in [0.15, 0.2) is 48.7 Å². The molecule has 6 heteroatoms. The van der Waals surface area contributed by atoms with Crippen molar-refractivity contribution in [2.45, 2.75) is 30.9 Å². The van der Waals surface area contributed by atoms with Gasteiger partial charge in [-0.25, -0.2) is 0 Å². The lowest BCUT2D eigenvalue weighted by molar-refractivity contribution is -0.0878. The van der Waals surface area contributed by atoms with Gasteiger partial charge in [0.15, 0.2) is 5.69 Å². The average Bonchev–Trinajstić information content (AvgIpc) is 3.24. The number of hydrogen-bond donors (Lipinski definition) is 1. The number of nitrogens with zero attached hydrogens (tertiary/aromatic N) is 4. The van der Waals surface area contributed by atoms with E-state index in [1.165, 1.54) is 0 Å². The zero-order chi connectivity index (χ0) is 18.0. The van der Waals surface area contributed by atoms with E-state index in [1.54, 1.807) is 18.3 Å². The molecule has 26 heavy (non-hydrogen) atoms. The van der Waals surface area contributed by atoms with Crippen LogP contribution >= 0.6 is 0 Å². The van der Waals surface area contributed by atoms with Crippen LogP contribution in [-0.2, 0) is 5.60 Å². The summed E-state index contributed by atoms with van der Waals surface area (Å²) in [5, 5.41) is 19.4. The van der Waals surface area contributed by atoms with Crippen molar-refractivity contribution in [2.75, 3.05) is 26.2 Å². The van der Waals surface area contributed by atoms with Crippen molar-refractivity contribution >= 4 is 5.91 Å². The van der Waals surface area contributed by atoms with E-state index < -0.39 is 5.60 Å². The minimum absolute atomic E-state index is 0.109. The summed E-state index contributed by atoms with van der Waals surface area (Å²) in [7, 11) is 0. The fourth-order valence-electron chi connectivity index (χ4n) is 4.22. The first-order valence-corrected chi connectivity index (χ1v) is 9.27. The lowest BCUT2D eigenvalue weighted by Crippen LogP contribution is -2.61. The van der Waals surface area contributed by atoms with Crippen molar-refractivity contribution < 1.29 is 9.90 Å². The van der Waals surface area contributed by atoms with Crippen molar-refractivity contribution in [3.63, 3.8) is 0 Å². The summed E-state index contributed by atoms with van der Waals surface area (Å²) in [6, 6.07) is 13.2. The van der Waals surface area contributed by atoms with Crippen LogP contribution in [0.1, 0.15) is 35.3 Å². The van der Waals surface area contributed by atoms with Gasteiger partial charge in [-0.1, -0.05) is 30.3 Å². The molecular weight excluding hydrogens is 328 g/mol. The third kappa shape index (κ3) is 3.10. The van der Waals surface area contributed by atoms with Crippen molar-refractivity contribution in [1.82, 2.24) is 20.0 Å². The predicted octanol–water partition coefficient (Wildman–Crippen LogP) is 1.67. The summed E-state index contributed by atoms with van der Waals surface area (Å²) < 4.78 is 0. The van der Waals surface area contributed by atoms with Gasteiger partial charge in [0.1, 0.15) is 5.60 Å². The maximum atomic E-state index is 12.8. The van der Waals surface area contributed by atoms with Crippen LogP contribution in [0.5, 0.6) is 0 Å². The molecule has 2 atom stereocenters. The zero-order valence-electron chi connectivity index (χ0n) is 14.8. The summed E-state index contributed by atoms with van der Waals surface area (Å²) >= 11 is 0. The SMILES string of the molecule is O=C(c1cccnn1)N1CC[C@](O)(c2ccccc2)[C@H](N2CCCC2)C1. The standard InChI is InChI=1S/C20H24N4O2/c25-19(17-9-6-11-21-22-17)24-14-10-20(26,16-7-2-1-3-8-16)18(15-24)23-12-4-5-13-23/h1-3,6-9,11,18,26H,4-5,10,12-15H2/t18-,20+/m1/s1. The number of aromatic nitrogens is 2. The van der Waals surface area contributed by atoms with Crippen molar-refractivity contribution in [3.8, 4) is 0 Å². The highest BCUT2D eigenvalue weighted by Gasteiger charge is 2.47. The smallest absolute Gasteiger partial charge is 0.274 e. The topological polar surface area (TPSA) is 69.6 Å². The maximum Gasteiger partial charge on any atom is 0.274 e. The number of amides is 1. The molecule has 4 rings (SSSR count). The van der Waals surface area contributed by atoms with Crippen LogP contribution in [0.3, 0.4) is 0 Å². The fourth-order valence-corrected chi connectivity index (χ4v) is 4.22. The van der Waals surface area contributed by atoms with Gasteiger partial charge in [-0.3, -0.25) is 9.69 Å². The minimum Gasteiger partial charge on any atom is -0.383 e. The van der Waals surface area contributed by atoms with Gasteiger partial charge in [-0.15, -0.1) is 5.10 Å². The molecule has 0 saturated carbocycles. The number of piperidine rings is 1. The molecule has 2 aliphatic heterocycles. The van der Waals surface area contributed by atoms with E-state index in [-0.39, 0.29) is 11.9 Å². The normalized spacial score (nSPS) is 26.8. The summed E-state index contributed by atoms with van der Waals surface area (Å²) in [6.45, 7) is 2.94. The van der Waals surface area contributed by atoms with E-state index in [0.29, 0.717) is 25.2 Å². The number of benzene rings is 1. The first-order chi connectivity index (χ1) is 12.7. The highest BCUT2D eigenvalue weighted by Crippen LogP contribution is 2.37. The molecule has 1 N–H and O–H groups in total. The van der Waals surface area contributed by atoms with Crippen LogP contribution in [0.25, 0.3) is 0 Å². The van der Waals surface area contributed by atoms with Crippen LogP contribution in [0.2, 0.25) is 0 Å². The van der Waals surface area contributed by atoms with Gasteiger partial charge in [0.2, 0.25) is 0 Å². The summed E-state index contributed by atoms with van der Waals surface area (Å²) in [4.78, 5) is 17.0. The van der Waals surface area contributed by atoms with Crippen LogP contribution < -0.4 is 0 Å². The molecule has 2 saturated heterocycles. The second-order valence-electron chi connectivity index (χ2n) is 7.16. The van der Waals surface area contributed by atoms with Gasteiger partial charge in [0.25, 0.3) is 5.91 Å². The molecule has 2 aliphatic rings. The molecule has 1 aromatic carbocycles. The Balaban J connectivity index is 1.62. The molecular formula is C20H24N4O2. The Kier molecular flexibility index (Phi) is 4.70. The van der Waals surface area contributed by atoms with E-state index in [1.807, 2.05) is 35.2 Å². The first kappa shape index (κ1) is 17.1. The third-order valence-corrected chi connectivity index (χ3v) is 5.64. The number of carbonyl (C=O) groups is 1. The third-order valence-electron chi connectivity index (χ3n) is 5.64. The Hall–Kier alpha value is -2.31. The fraction of sp³-hybridized carbons (Fsp3) is 0.450. The number of rotatable bonds is 3. The first-order valence-electron chi connectivity index (χ1n) is 9.27. The Morgan fingerprint density at radius 2 is 1.85 bits per heavy atom. The molecule has 2 aromatic rings.